The first-order chi connectivity index (χ1) is 15.1. The molecule has 164 valence electrons. The monoisotopic (exact) mass is 422 g/mol. The number of rotatable bonds is 7. The molecular weight excluding hydrogens is 392 g/mol. The first kappa shape index (κ1) is 21.2. The maximum Gasteiger partial charge on any atom is 0.255 e. The summed E-state index contributed by atoms with van der Waals surface area (Å²) in [6.07, 6.45) is 3.85. The Morgan fingerprint density at radius 3 is 2.52 bits per heavy atom. The van der Waals surface area contributed by atoms with E-state index >= 15 is 0 Å². The molecule has 1 saturated heterocycles. The van der Waals surface area contributed by atoms with Gasteiger partial charge < -0.3 is 19.4 Å². The van der Waals surface area contributed by atoms with Gasteiger partial charge >= 0.3 is 0 Å². The number of piperidine rings is 1. The quantitative estimate of drug-likeness (QED) is 0.614. The van der Waals surface area contributed by atoms with Crippen molar-refractivity contribution in [3.8, 4) is 11.5 Å². The first-order valence-electron chi connectivity index (χ1n) is 10.9. The lowest BCUT2D eigenvalue weighted by molar-refractivity contribution is 0.102. The van der Waals surface area contributed by atoms with Gasteiger partial charge in [0.05, 0.1) is 31.8 Å². The third-order valence-corrected chi connectivity index (χ3v) is 5.86. The number of methoxy groups -OCH3 is 2. The molecule has 0 spiro atoms. The average Bonchev–Trinajstić information content (AvgIpc) is 3.15. The molecule has 4 rings (SSSR count). The first-order valence-corrected chi connectivity index (χ1v) is 10.9. The Hall–Kier alpha value is -3.06. The number of imidazole rings is 1. The lowest BCUT2D eigenvalue weighted by Gasteiger charge is -2.26. The van der Waals surface area contributed by atoms with Crippen LogP contribution in [0.5, 0.6) is 11.5 Å². The molecule has 0 atom stereocenters. The molecule has 7 nitrogen and oxygen atoms in total. The van der Waals surface area contributed by atoms with Crippen LogP contribution >= 0.6 is 0 Å². The van der Waals surface area contributed by atoms with E-state index in [4.69, 9.17) is 14.5 Å². The Kier molecular flexibility index (Phi) is 6.42. The minimum absolute atomic E-state index is 0.205. The molecular formula is C24H30N4O3. The van der Waals surface area contributed by atoms with Crippen LogP contribution < -0.4 is 14.8 Å². The van der Waals surface area contributed by atoms with Gasteiger partial charge in [0.25, 0.3) is 5.91 Å². The minimum Gasteiger partial charge on any atom is -0.493 e. The number of hydrogen-bond donors (Lipinski definition) is 1. The van der Waals surface area contributed by atoms with Crippen LogP contribution in [-0.2, 0) is 13.1 Å². The van der Waals surface area contributed by atoms with Crippen LogP contribution in [0.3, 0.4) is 0 Å². The van der Waals surface area contributed by atoms with Crippen LogP contribution in [0.4, 0.5) is 5.69 Å². The minimum atomic E-state index is -0.205. The molecule has 0 aliphatic carbocycles. The van der Waals surface area contributed by atoms with Gasteiger partial charge in [-0.05, 0) is 69.3 Å². The molecule has 1 N–H and O–H groups in total. The van der Waals surface area contributed by atoms with Crippen molar-refractivity contribution in [2.45, 2.75) is 39.3 Å². The normalized spacial score (nSPS) is 14.5. The Morgan fingerprint density at radius 2 is 1.81 bits per heavy atom. The fraction of sp³-hybridized carbons (Fsp3) is 0.417. The summed E-state index contributed by atoms with van der Waals surface area (Å²) in [5.41, 5.74) is 3.22. The van der Waals surface area contributed by atoms with E-state index in [0.717, 1.165) is 48.7 Å². The SMILES string of the molecule is CCn1c(CN2CCCCC2)nc2cc(NC(=O)c3ccc(OC)c(OC)c3)ccc21. The number of ether oxygens (including phenoxy) is 2. The number of amides is 1. The van der Waals surface area contributed by atoms with Crippen molar-refractivity contribution >= 4 is 22.6 Å². The Labute approximate surface area is 183 Å². The fourth-order valence-electron chi connectivity index (χ4n) is 4.23. The smallest absolute Gasteiger partial charge is 0.255 e. The number of fused-ring (bicyclic) bond motifs is 1. The van der Waals surface area contributed by atoms with Crippen molar-refractivity contribution in [3.05, 3.63) is 47.8 Å². The van der Waals surface area contributed by atoms with Crippen LogP contribution in [0.1, 0.15) is 42.4 Å². The maximum absolute atomic E-state index is 12.8. The molecule has 2 aromatic carbocycles. The summed E-state index contributed by atoms with van der Waals surface area (Å²) in [5, 5.41) is 2.97. The van der Waals surface area contributed by atoms with Gasteiger partial charge in [-0.1, -0.05) is 6.42 Å². The molecule has 0 bridgehead atoms. The number of carbonyl (C=O) groups excluding carboxylic acids is 1. The average molecular weight is 423 g/mol. The second-order valence-corrected chi connectivity index (χ2v) is 7.84. The lowest BCUT2D eigenvalue weighted by atomic mass is 10.1. The Bertz CT molecular complexity index is 1070. The van der Waals surface area contributed by atoms with E-state index in [1.54, 1.807) is 32.4 Å². The number of hydrogen-bond acceptors (Lipinski definition) is 5. The number of carbonyl (C=O) groups is 1. The topological polar surface area (TPSA) is 68.6 Å². The summed E-state index contributed by atoms with van der Waals surface area (Å²) in [7, 11) is 3.13. The highest BCUT2D eigenvalue weighted by molar-refractivity contribution is 6.05. The Balaban J connectivity index is 1.55. The van der Waals surface area contributed by atoms with E-state index in [1.165, 1.54) is 19.3 Å². The van der Waals surface area contributed by atoms with Crippen LogP contribution in [-0.4, -0.2) is 47.7 Å². The molecule has 1 fully saturated rings. The van der Waals surface area contributed by atoms with Crippen molar-refractivity contribution in [1.82, 2.24) is 14.5 Å². The van der Waals surface area contributed by atoms with E-state index < -0.39 is 0 Å². The summed E-state index contributed by atoms with van der Waals surface area (Å²) in [6.45, 7) is 6.17. The van der Waals surface area contributed by atoms with Crippen LogP contribution in [0.15, 0.2) is 36.4 Å². The van der Waals surface area contributed by atoms with E-state index in [1.807, 2.05) is 18.2 Å². The molecule has 1 aliphatic heterocycles. The van der Waals surface area contributed by atoms with Crippen LogP contribution in [0, 0.1) is 0 Å². The molecule has 1 amide bonds. The third-order valence-electron chi connectivity index (χ3n) is 5.86. The third kappa shape index (κ3) is 4.51. The standard InChI is InChI=1S/C24H30N4O3/c1-4-28-20-10-9-18(15-19(20)26-23(28)16-27-12-6-5-7-13-27)25-24(29)17-8-11-21(30-2)22(14-17)31-3/h8-11,14-15H,4-7,12-13,16H2,1-3H3,(H,25,29). The number of nitrogens with one attached hydrogen (secondary N) is 1. The Morgan fingerprint density at radius 1 is 1.03 bits per heavy atom. The highest BCUT2D eigenvalue weighted by Gasteiger charge is 2.17. The number of anilines is 1. The molecule has 0 radical (unpaired) electrons. The van der Waals surface area contributed by atoms with E-state index in [9.17, 15) is 4.79 Å². The number of aryl methyl sites for hydroxylation is 1. The van der Waals surface area contributed by atoms with Gasteiger partial charge in [0.15, 0.2) is 11.5 Å². The van der Waals surface area contributed by atoms with Crippen molar-refractivity contribution in [3.63, 3.8) is 0 Å². The van der Waals surface area contributed by atoms with Gasteiger partial charge in [-0.2, -0.15) is 0 Å². The largest absolute Gasteiger partial charge is 0.493 e. The van der Waals surface area contributed by atoms with Gasteiger partial charge in [-0.15, -0.1) is 0 Å². The summed E-state index contributed by atoms with van der Waals surface area (Å²) < 4.78 is 12.8. The molecule has 3 aromatic rings. The predicted molar refractivity (Wildman–Crippen MR) is 122 cm³/mol. The zero-order chi connectivity index (χ0) is 21.8. The van der Waals surface area contributed by atoms with Gasteiger partial charge in [0, 0.05) is 17.8 Å². The number of nitrogens with zero attached hydrogens (tertiary/aromatic N) is 3. The van der Waals surface area contributed by atoms with E-state index in [2.05, 4.69) is 21.7 Å². The molecule has 0 saturated carbocycles. The van der Waals surface area contributed by atoms with Gasteiger partial charge in [0.1, 0.15) is 5.82 Å². The zero-order valence-electron chi connectivity index (χ0n) is 18.5. The van der Waals surface area contributed by atoms with Crippen molar-refractivity contribution in [2.75, 3.05) is 32.6 Å². The van der Waals surface area contributed by atoms with E-state index in [0.29, 0.717) is 17.1 Å². The number of aromatic nitrogens is 2. The lowest BCUT2D eigenvalue weighted by Crippen LogP contribution is -2.30. The second kappa shape index (κ2) is 9.39. The highest BCUT2D eigenvalue weighted by Crippen LogP contribution is 2.28. The summed E-state index contributed by atoms with van der Waals surface area (Å²) in [4.78, 5) is 20.2. The van der Waals surface area contributed by atoms with Crippen molar-refractivity contribution < 1.29 is 14.3 Å². The summed E-state index contributed by atoms with van der Waals surface area (Å²) in [5.74, 6) is 1.99. The second-order valence-electron chi connectivity index (χ2n) is 7.84. The van der Waals surface area contributed by atoms with Gasteiger partial charge in [-0.25, -0.2) is 4.98 Å². The summed E-state index contributed by atoms with van der Waals surface area (Å²) in [6, 6.07) is 11.0. The van der Waals surface area contributed by atoms with E-state index in [-0.39, 0.29) is 5.91 Å². The maximum atomic E-state index is 12.8. The molecule has 1 aliphatic rings. The molecule has 7 heteroatoms. The van der Waals surface area contributed by atoms with Crippen LogP contribution in [0.2, 0.25) is 0 Å². The van der Waals surface area contributed by atoms with Gasteiger partial charge in [-0.3, -0.25) is 9.69 Å². The number of benzene rings is 2. The molecule has 2 heterocycles. The van der Waals surface area contributed by atoms with Crippen molar-refractivity contribution in [1.29, 1.82) is 0 Å². The number of likely N-dealkylation sites (tertiary alicyclic amines) is 1. The van der Waals surface area contributed by atoms with Crippen molar-refractivity contribution in [2.24, 2.45) is 0 Å². The van der Waals surface area contributed by atoms with Crippen LogP contribution in [0.25, 0.3) is 11.0 Å². The fourth-order valence-corrected chi connectivity index (χ4v) is 4.23. The molecule has 1 aromatic heterocycles. The zero-order valence-corrected chi connectivity index (χ0v) is 18.5. The predicted octanol–water partition coefficient (Wildman–Crippen LogP) is 4.31. The van der Waals surface area contributed by atoms with Gasteiger partial charge in [0.2, 0.25) is 0 Å². The summed E-state index contributed by atoms with van der Waals surface area (Å²) >= 11 is 0. The highest BCUT2D eigenvalue weighted by atomic mass is 16.5. The molecule has 0 unspecified atom stereocenters. The molecule has 31 heavy (non-hydrogen) atoms.